The molecule has 3 N–H and O–H groups in total. The molecule has 0 radical (unpaired) electrons. The average Bonchev–Trinajstić information content (AvgIpc) is 3.43. The number of amides is 3. The van der Waals surface area contributed by atoms with Gasteiger partial charge in [-0.3, -0.25) is 14.4 Å². The Morgan fingerprint density at radius 1 is 1.05 bits per heavy atom. The number of carbonyl (C=O) groups is 3. The van der Waals surface area contributed by atoms with Crippen LogP contribution in [0.25, 0.3) is 0 Å². The SMILES string of the molecule is CC(C)(C(=O)NCc1ccc(Cl)c(C(=O)Nc2ccc(OCC(F)F)c(C(=O)NC[C@@H]3CCCO3)c2)c1)C(F)(F)F. The van der Waals surface area contributed by atoms with Gasteiger partial charge in [0.1, 0.15) is 17.8 Å². The monoisotopic (exact) mass is 605 g/mol. The molecule has 41 heavy (non-hydrogen) atoms. The third kappa shape index (κ3) is 8.52. The highest BCUT2D eigenvalue weighted by Crippen LogP contribution is 2.37. The molecule has 0 spiro atoms. The molecule has 0 saturated carbocycles. The van der Waals surface area contributed by atoms with Crippen LogP contribution in [0.15, 0.2) is 36.4 Å². The van der Waals surface area contributed by atoms with Crippen LogP contribution in [0.3, 0.4) is 0 Å². The van der Waals surface area contributed by atoms with Crippen molar-refractivity contribution >= 4 is 35.0 Å². The standard InChI is InChI=1S/C27H29ClF5N3O5/c1-26(2,27(31,32)33)25(39)35-12-15-5-7-20(28)18(10-15)24(38)36-16-6-8-21(41-14-22(29)30)19(11-16)23(37)34-13-17-4-3-9-40-17/h5-8,10-11,17,22H,3-4,9,12-14H2,1-2H3,(H,34,37)(H,35,39)(H,36,38)/t17-/m0/s1. The highest BCUT2D eigenvalue weighted by molar-refractivity contribution is 6.34. The second-order valence-electron chi connectivity index (χ2n) is 9.83. The number of ether oxygens (including phenoxy) is 2. The maximum absolute atomic E-state index is 13.1. The summed E-state index contributed by atoms with van der Waals surface area (Å²) in [6, 6.07) is 7.93. The highest BCUT2D eigenvalue weighted by Gasteiger charge is 2.52. The number of halogens is 6. The van der Waals surface area contributed by atoms with Gasteiger partial charge >= 0.3 is 6.18 Å². The van der Waals surface area contributed by atoms with Gasteiger partial charge in [-0.15, -0.1) is 0 Å². The van der Waals surface area contributed by atoms with Crippen molar-refractivity contribution in [2.45, 2.75) is 51.9 Å². The minimum absolute atomic E-state index is 0.0135. The maximum Gasteiger partial charge on any atom is 0.402 e. The predicted octanol–water partition coefficient (Wildman–Crippen LogP) is 5.35. The molecule has 2 aromatic rings. The molecule has 2 aromatic carbocycles. The Bertz CT molecular complexity index is 1270. The zero-order valence-corrected chi connectivity index (χ0v) is 22.9. The number of rotatable bonds is 11. The molecule has 0 aromatic heterocycles. The fraction of sp³-hybridized carbons (Fsp3) is 0.444. The Hall–Kier alpha value is -3.45. The minimum Gasteiger partial charge on any atom is -0.487 e. The van der Waals surface area contributed by atoms with Crippen molar-refractivity contribution < 1.29 is 45.8 Å². The molecule has 0 unspecified atom stereocenters. The lowest BCUT2D eigenvalue weighted by Crippen LogP contribution is -2.46. The Labute approximate surface area is 237 Å². The van der Waals surface area contributed by atoms with Crippen molar-refractivity contribution in [1.29, 1.82) is 0 Å². The molecule has 224 valence electrons. The molecule has 1 fully saturated rings. The fourth-order valence-corrected chi connectivity index (χ4v) is 3.96. The van der Waals surface area contributed by atoms with Crippen LogP contribution in [0.4, 0.5) is 27.6 Å². The van der Waals surface area contributed by atoms with E-state index in [1.165, 1.54) is 36.4 Å². The van der Waals surface area contributed by atoms with Crippen LogP contribution < -0.4 is 20.7 Å². The zero-order valence-electron chi connectivity index (χ0n) is 22.2. The van der Waals surface area contributed by atoms with Gasteiger partial charge in [-0.25, -0.2) is 8.78 Å². The van der Waals surface area contributed by atoms with Crippen LogP contribution in [0.1, 0.15) is 53.0 Å². The number of benzene rings is 2. The van der Waals surface area contributed by atoms with Crippen LogP contribution in [0, 0.1) is 5.41 Å². The summed E-state index contributed by atoms with van der Waals surface area (Å²) in [5.41, 5.74) is -2.37. The smallest absolute Gasteiger partial charge is 0.402 e. The maximum atomic E-state index is 13.1. The number of anilines is 1. The first-order valence-corrected chi connectivity index (χ1v) is 13.0. The van der Waals surface area contributed by atoms with E-state index in [2.05, 4.69) is 16.0 Å². The van der Waals surface area contributed by atoms with Gasteiger partial charge in [-0.1, -0.05) is 17.7 Å². The van der Waals surface area contributed by atoms with Gasteiger partial charge in [0.25, 0.3) is 18.2 Å². The molecular weight excluding hydrogens is 577 g/mol. The van der Waals surface area contributed by atoms with Crippen molar-refractivity contribution in [1.82, 2.24) is 10.6 Å². The van der Waals surface area contributed by atoms with Crippen LogP contribution >= 0.6 is 11.6 Å². The fourth-order valence-electron chi connectivity index (χ4n) is 3.76. The van der Waals surface area contributed by atoms with Crippen LogP contribution in [-0.4, -0.2) is 56.2 Å². The van der Waals surface area contributed by atoms with Gasteiger partial charge < -0.3 is 25.4 Å². The normalized spacial score (nSPS) is 15.5. The van der Waals surface area contributed by atoms with Gasteiger partial charge in [0.05, 0.1) is 22.3 Å². The Balaban J connectivity index is 1.75. The molecule has 0 bridgehead atoms. The van der Waals surface area contributed by atoms with E-state index in [0.29, 0.717) is 12.2 Å². The van der Waals surface area contributed by atoms with Crippen molar-refractivity contribution in [3.05, 3.63) is 58.1 Å². The van der Waals surface area contributed by atoms with E-state index in [0.717, 1.165) is 26.7 Å². The Morgan fingerprint density at radius 2 is 1.78 bits per heavy atom. The average molecular weight is 606 g/mol. The lowest BCUT2D eigenvalue weighted by Gasteiger charge is -2.26. The topological polar surface area (TPSA) is 106 Å². The van der Waals surface area contributed by atoms with E-state index in [1.807, 2.05) is 0 Å². The van der Waals surface area contributed by atoms with Crippen molar-refractivity contribution in [2.75, 3.05) is 25.1 Å². The summed E-state index contributed by atoms with van der Waals surface area (Å²) in [6.07, 6.45) is -6.11. The molecule has 1 aliphatic rings. The first kappa shape index (κ1) is 32.1. The molecule has 0 aliphatic carbocycles. The van der Waals surface area contributed by atoms with E-state index >= 15 is 0 Å². The van der Waals surface area contributed by atoms with E-state index in [-0.39, 0.29) is 46.8 Å². The quantitative estimate of drug-likeness (QED) is 0.300. The van der Waals surface area contributed by atoms with E-state index in [4.69, 9.17) is 21.1 Å². The minimum atomic E-state index is -4.76. The molecule has 1 heterocycles. The summed E-state index contributed by atoms with van der Waals surface area (Å²) in [7, 11) is 0. The molecule has 14 heteroatoms. The number of nitrogens with one attached hydrogen (secondary N) is 3. The molecule has 1 aliphatic heterocycles. The number of alkyl halides is 5. The summed E-state index contributed by atoms with van der Waals surface area (Å²) in [6.45, 7) is 1.03. The van der Waals surface area contributed by atoms with E-state index in [9.17, 15) is 36.3 Å². The molecular formula is C27H29ClF5N3O5. The highest BCUT2D eigenvalue weighted by atomic mass is 35.5. The zero-order chi connectivity index (χ0) is 30.4. The van der Waals surface area contributed by atoms with Crippen molar-refractivity contribution in [3.63, 3.8) is 0 Å². The lowest BCUT2D eigenvalue weighted by molar-refractivity contribution is -0.211. The lowest BCUT2D eigenvalue weighted by atomic mass is 9.91. The van der Waals surface area contributed by atoms with Gasteiger partial charge in [0.15, 0.2) is 0 Å². The van der Waals surface area contributed by atoms with Crippen molar-refractivity contribution in [2.24, 2.45) is 5.41 Å². The second-order valence-corrected chi connectivity index (χ2v) is 10.2. The summed E-state index contributed by atoms with van der Waals surface area (Å²) in [4.78, 5) is 38.0. The molecule has 3 amide bonds. The summed E-state index contributed by atoms with van der Waals surface area (Å²) >= 11 is 6.17. The predicted molar refractivity (Wildman–Crippen MR) is 140 cm³/mol. The van der Waals surface area contributed by atoms with Gasteiger partial charge in [-0.2, -0.15) is 13.2 Å². The third-order valence-corrected chi connectivity index (χ3v) is 6.70. The van der Waals surface area contributed by atoms with E-state index < -0.39 is 42.3 Å². The van der Waals surface area contributed by atoms with Crippen LogP contribution in [-0.2, 0) is 16.1 Å². The van der Waals surface area contributed by atoms with E-state index in [1.54, 1.807) is 0 Å². The van der Waals surface area contributed by atoms with Crippen LogP contribution in [0.2, 0.25) is 5.02 Å². The number of hydrogen-bond donors (Lipinski definition) is 3. The first-order valence-electron chi connectivity index (χ1n) is 12.6. The third-order valence-electron chi connectivity index (χ3n) is 6.37. The second kappa shape index (κ2) is 13.5. The Morgan fingerprint density at radius 3 is 2.41 bits per heavy atom. The van der Waals surface area contributed by atoms with Crippen LogP contribution in [0.5, 0.6) is 5.75 Å². The molecule has 3 rings (SSSR count). The van der Waals surface area contributed by atoms with Gasteiger partial charge in [0, 0.05) is 25.4 Å². The molecule has 8 nitrogen and oxygen atoms in total. The number of carbonyl (C=O) groups excluding carboxylic acids is 3. The van der Waals surface area contributed by atoms with Crippen molar-refractivity contribution in [3.8, 4) is 5.75 Å². The molecule has 1 atom stereocenters. The molecule has 1 saturated heterocycles. The largest absolute Gasteiger partial charge is 0.487 e. The summed E-state index contributed by atoms with van der Waals surface area (Å²) < 4.78 is 75.4. The van der Waals surface area contributed by atoms with Gasteiger partial charge in [-0.05, 0) is 62.6 Å². The van der Waals surface area contributed by atoms with Gasteiger partial charge in [0.2, 0.25) is 5.91 Å². The summed E-state index contributed by atoms with van der Waals surface area (Å²) in [5.74, 6) is -2.72. The first-order chi connectivity index (χ1) is 19.2. The Kier molecular flexibility index (Phi) is 10.5. The summed E-state index contributed by atoms with van der Waals surface area (Å²) in [5, 5.41) is 7.44. The number of hydrogen-bond acceptors (Lipinski definition) is 5.